The van der Waals surface area contributed by atoms with Crippen LogP contribution >= 0.6 is 0 Å². The molecule has 0 spiro atoms. The molecule has 2 rings (SSSR count). The van der Waals surface area contributed by atoms with E-state index in [1.54, 1.807) is 7.11 Å². The lowest BCUT2D eigenvalue weighted by molar-refractivity contribution is 0.203. The molecular formula is C21H36N4O2. The lowest BCUT2D eigenvalue weighted by Crippen LogP contribution is -2.49. The third-order valence-electron chi connectivity index (χ3n) is 4.90. The van der Waals surface area contributed by atoms with E-state index in [4.69, 9.17) is 9.47 Å². The number of benzene rings is 1. The Bertz CT molecular complexity index is 557. The SMILES string of the molecule is CCCCN1CCC(NC(=NC)NCCCOc2cccc(OC)c2)CC1. The fraction of sp³-hybridized carbons (Fsp3) is 0.667. The Hall–Kier alpha value is -1.95. The van der Waals surface area contributed by atoms with E-state index in [1.807, 2.05) is 31.3 Å². The molecule has 0 radical (unpaired) electrons. The Balaban J connectivity index is 1.59. The van der Waals surface area contributed by atoms with E-state index in [0.717, 1.165) is 30.4 Å². The summed E-state index contributed by atoms with van der Waals surface area (Å²) in [5, 5.41) is 6.95. The molecule has 0 aromatic heterocycles. The highest BCUT2D eigenvalue weighted by molar-refractivity contribution is 5.79. The Kier molecular flexibility index (Phi) is 9.84. The highest BCUT2D eigenvalue weighted by Crippen LogP contribution is 2.18. The second kappa shape index (κ2) is 12.4. The molecule has 1 aliphatic rings. The number of nitrogens with one attached hydrogen (secondary N) is 2. The van der Waals surface area contributed by atoms with Gasteiger partial charge in [-0.05, 0) is 44.4 Å². The number of nitrogens with zero attached hydrogens (tertiary/aromatic N) is 2. The van der Waals surface area contributed by atoms with Crippen molar-refractivity contribution in [3.8, 4) is 11.5 Å². The smallest absolute Gasteiger partial charge is 0.191 e. The van der Waals surface area contributed by atoms with E-state index in [0.29, 0.717) is 12.6 Å². The maximum atomic E-state index is 5.77. The lowest BCUT2D eigenvalue weighted by Gasteiger charge is -2.33. The van der Waals surface area contributed by atoms with Crippen molar-refractivity contribution in [3.05, 3.63) is 24.3 Å². The van der Waals surface area contributed by atoms with Crippen LogP contribution in [0.5, 0.6) is 11.5 Å². The van der Waals surface area contributed by atoms with Gasteiger partial charge >= 0.3 is 0 Å². The molecule has 6 heteroatoms. The number of hydrogen-bond donors (Lipinski definition) is 2. The molecule has 1 fully saturated rings. The molecule has 1 aromatic carbocycles. The average Bonchev–Trinajstić information content (AvgIpc) is 2.72. The average molecular weight is 377 g/mol. The zero-order valence-electron chi connectivity index (χ0n) is 17.2. The Morgan fingerprint density at radius 3 is 2.70 bits per heavy atom. The Morgan fingerprint density at radius 2 is 2.00 bits per heavy atom. The summed E-state index contributed by atoms with van der Waals surface area (Å²) in [4.78, 5) is 6.93. The van der Waals surface area contributed by atoms with Crippen LogP contribution in [0.25, 0.3) is 0 Å². The summed E-state index contributed by atoms with van der Waals surface area (Å²) in [5.41, 5.74) is 0. The molecule has 1 aromatic rings. The number of unbranched alkanes of at least 4 members (excludes halogenated alkanes) is 1. The number of likely N-dealkylation sites (tertiary alicyclic amines) is 1. The quantitative estimate of drug-likeness (QED) is 0.374. The Labute approximate surface area is 164 Å². The molecule has 0 bridgehead atoms. The molecule has 0 atom stereocenters. The number of methoxy groups -OCH3 is 1. The maximum Gasteiger partial charge on any atom is 0.191 e. The molecule has 1 saturated heterocycles. The molecule has 1 aliphatic heterocycles. The second-order valence-corrected chi connectivity index (χ2v) is 6.99. The van der Waals surface area contributed by atoms with Crippen LogP contribution in [-0.2, 0) is 0 Å². The predicted octanol–water partition coefficient (Wildman–Crippen LogP) is 2.89. The van der Waals surface area contributed by atoms with E-state index in [2.05, 4.69) is 27.4 Å². The van der Waals surface area contributed by atoms with Crippen molar-refractivity contribution >= 4 is 5.96 Å². The van der Waals surface area contributed by atoms with Crippen molar-refractivity contribution in [2.75, 3.05) is 46.9 Å². The first kappa shape index (κ1) is 21.4. The summed E-state index contributed by atoms with van der Waals surface area (Å²) in [6.45, 7) is 7.35. The van der Waals surface area contributed by atoms with Gasteiger partial charge in [0.2, 0.25) is 0 Å². The topological polar surface area (TPSA) is 58.1 Å². The van der Waals surface area contributed by atoms with Crippen molar-refractivity contribution in [2.24, 2.45) is 4.99 Å². The predicted molar refractivity (Wildman–Crippen MR) is 112 cm³/mol. The molecule has 27 heavy (non-hydrogen) atoms. The van der Waals surface area contributed by atoms with Gasteiger partial charge in [0.1, 0.15) is 11.5 Å². The van der Waals surface area contributed by atoms with Crippen LogP contribution in [0.4, 0.5) is 0 Å². The molecule has 0 amide bonds. The number of guanidine groups is 1. The largest absolute Gasteiger partial charge is 0.497 e. The van der Waals surface area contributed by atoms with E-state index in [-0.39, 0.29) is 0 Å². The third kappa shape index (κ3) is 8.08. The zero-order valence-corrected chi connectivity index (χ0v) is 17.2. The van der Waals surface area contributed by atoms with Gasteiger partial charge in [0.05, 0.1) is 13.7 Å². The molecule has 6 nitrogen and oxygen atoms in total. The minimum atomic E-state index is 0.516. The van der Waals surface area contributed by atoms with Gasteiger partial charge in [-0.25, -0.2) is 0 Å². The molecule has 1 heterocycles. The van der Waals surface area contributed by atoms with Crippen LogP contribution in [-0.4, -0.2) is 63.8 Å². The number of ether oxygens (including phenoxy) is 2. The zero-order chi connectivity index (χ0) is 19.3. The van der Waals surface area contributed by atoms with Crippen LogP contribution in [0.1, 0.15) is 39.0 Å². The van der Waals surface area contributed by atoms with Crippen LogP contribution in [0.3, 0.4) is 0 Å². The van der Waals surface area contributed by atoms with Crippen molar-refractivity contribution in [1.29, 1.82) is 0 Å². The summed E-state index contributed by atoms with van der Waals surface area (Å²) in [5.74, 6) is 2.55. The Morgan fingerprint density at radius 1 is 1.22 bits per heavy atom. The van der Waals surface area contributed by atoms with Gasteiger partial charge in [0.25, 0.3) is 0 Å². The van der Waals surface area contributed by atoms with E-state index < -0.39 is 0 Å². The van der Waals surface area contributed by atoms with Crippen molar-refractivity contribution in [2.45, 2.75) is 45.1 Å². The van der Waals surface area contributed by atoms with E-state index in [9.17, 15) is 0 Å². The van der Waals surface area contributed by atoms with Crippen LogP contribution in [0.2, 0.25) is 0 Å². The number of rotatable bonds is 10. The third-order valence-corrected chi connectivity index (χ3v) is 4.90. The van der Waals surface area contributed by atoms with Gasteiger partial charge in [-0.2, -0.15) is 0 Å². The first-order valence-electron chi connectivity index (χ1n) is 10.2. The number of aliphatic imine (C=N–C) groups is 1. The highest BCUT2D eigenvalue weighted by atomic mass is 16.5. The van der Waals surface area contributed by atoms with Gasteiger partial charge in [-0.3, -0.25) is 4.99 Å². The second-order valence-electron chi connectivity index (χ2n) is 6.99. The summed E-state index contributed by atoms with van der Waals surface area (Å²) < 4.78 is 11.0. The molecule has 0 unspecified atom stereocenters. The van der Waals surface area contributed by atoms with Crippen LogP contribution < -0.4 is 20.1 Å². The first-order valence-corrected chi connectivity index (χ1v) is 10.2. The molecule has 0 aliphatic carbocycles. The van der Waals surface area contributed by atoms with Gasteiger partial charge in [-0.1, -0.05) is 19.4 Å². The summed E-state index contributed by atoms with van der Waals surface area (Å²) in [7, 11) is 3.50. The van der Waals surface area contributed by atoms with Crippen molar-refractivity contribution < 1.29 is 9.47 Å². The monoisotopic (exact) mass is 376 g/mol. The van der Waals surface area contributed by atoms with Gasteiger partial charge in [0, 0.05) is 38.8 Å². The number of hydrogen-bond acceptors (Lipinski definition) is 4. The molecule has 2 N–H and O–H groups in total. The number of piperidine rings is 1. The van der Waals surface area contributed by atoms with Crippen molar-refractivity contribution in [3.63, 3.8) is 0 Å². The molecule has 152 valence electrons. The van der Waals surface area contributed by atoms with Crippen LogP contribution in [0, 0.1) is 0 Å². The summed E-state index contributed by atoms with van der Waals surface area (Å²) >= 11 is 0. The molecule has 0 saturated carbocycles. The standard InChI is InChI=1S/C21H36N4O2/c1-4-5-13-25-14-10-18(11-15-25)24-21(22-2)23-12-7-16-27-20-9-6-8-19(17-20)26-3/h6,8-9,17-18H,4-5,7,10-16H2,1-3H3,(H2,22,23,24). The van der Waals surface area contributed by atoms with Gasteiger partial charge in [0.15, 0.2) is 5.96 Å². The maximum absolute atomic E-state index is 5.77. The minimum Gasteiger partial charge on any atom is -0.497 e. The first-order chi connectivity index (χ1) is 13.2. The summed E-state index contributed by atoms with van der Waals surface area (Å²) in [6, 6.07) is 8.22. The fourth-order valence-electron chi connectivity index (χ4n) is 3.23. The van der Waals surface area contributed by atoms with E-state index in [1.165, 1.54) is 45.3 Å². The fourth-order valence-corrected chi connectivity index (χ4v) is 3.23. The van der Waals surface area contributed by atoms with Gasteiger partial charge < -0.3 is 25.0 Å². The highest BCUT2D eigenvalue weighted by Gasteiger charge is 2.19. The normalized spacial score (nSPS) is 16.2. The van der Waals surface area contributed by atoms with E-state index >= 15 is 0 Å². The minimum absolute atomic E-state index is 0.516. The van der Waals surface area contributed by atoms with Gasteiger partial charge in [-0.15, -0.1) is 0 Å². The molecular weight excluding hydrogens is 340 g/mol. The lowest BCUT2D eigenvalue weighted by atomic mass is 10.0. The summed E-state index contributed by atoms with van der Waals surface area (Å²) in [6.07, 6.45) is 5.86. The van der Waals surface area contributed by atoms with Crippen LogP contribution in [0.15, 0.2) is 29.3 Å². The van der Waals surface area contributed by atoms with Crippen molar-refractivity contribution in [1.82, 2.24) is 15.5 Å².